The van der Waals surface area contributed by atoms with E-state index in [1.807, 2.05) is 0 Å². The molecule has 4 nitrogen and oxygen atoms in total. The van der Waals surface area contributed by atoms with Gasteiger partial charge < -0.3 is 5.11 Å². The molecule has 0 aliphatic heterocycles. The van der Waals surface area contributed by atoms with Crippen LogP contribution in [-0.4, -0.2) is 21.3 Å². The lowest BCUT2D eigenvalue weighted by Crippen LogP contribution is -2.21. The Morgan fingerprint density at radius 1 is 1.47 bits per heavy atom. The lowest BCUT2D eigenvalue weighted by Gasteiger charge is -2.05. The number of aromatic nitrogens is 2. The topological polar surface area (TPSA) is 55.1 Å². The summed E-state index contributed by atoms with van der Waals surface area (Å²) in [6, 6.07) is 0. The molecule has 0 bridgehead atoms. The summed E-state index contributed by atoms with van der Waals surface area (Å²) in [6.07, 6.45) is 3.94. The highest BCUT2D eigenvalue weighted by Gasteiger charge is 2.05. The standard InChI is InChI=1S/C9H12BrClN2O2/c10-7-8(11)12-6-13(9(7)15)4-2-1-3-5-14/h6,14H,1-5H2. The average molecular weight is 296 g/mol. The van der Waals surface area contributed by atoms with E-state index in [2.05, 4.69) is 20.9 Å². The second-order valence-corrected chi connectivity index (χ2v) is 4.28. The van der Waals surface area contributed by atoms with Gasteiger partial charge in [0.2, 0.25) is 0 Å². The van der Waals surface area contributed by atoms with Gasteiger partial charge in [-0.2, -0.15) is 0 Å². The minimum absolute atomic E-state index is 0.168. The molecule has 1 N–H and O–H groups in total. The van der Waals surface area contributed by atoms with Crippen molar-refractivity contribution >= 4 is 27.5 Å². The van der Waals surface area contributed by atoms with Crippen LogP contribution in [-0.2, 0) is 6.54 Å². The minimum atomic E-state index is -0.168. The van der Waals surface area contributed by atoms with Crippen LogP contribution in [0.1, 0.15) is 19.3 Å². The number of aryl methyl sites for hydroxylation is 1. The molecule has 6 heteroatoms. The molecule has 0 amide bonds. The van der Waals surface area contributed by atoms with E-state index in [4.69, 9.17) is 16.7 Å². The maximum Gasteiger partial charge on any atom is 0.269 e. The number of aliphatic hydroxyl groups excluding tert-OH is 1. The molecule has 0 aromatic carbocycles. The number of hydrogen-bond donors (Lipinski definition) is 1. The zero-order valence-electron chi connectivity index (χ0n) is 8.12. The van der Waals surface area contributed by atoms with Crippen molar-refractivity contribution in [1.82, 2.24) is 9.55 Å². The first-order chi connectivity index (χ1) is 7.16. The van der Waals surface area contributed by atoms with Crippen molar-refractivity contribution in [3.63, 3.8) is 0 Å². The first-order valence-corrected chi connectivity index (χ1v) is 5.85. The van der Waals surface area contributed by atoms with Gasteiger partial charge in [0.15, 0.2) is 5.15 Å². The van der Waals surface area contributed by atoms with Gasteiger partial charge in [-0.05, 0) is 35.2 Å². The fourth-order valence-corrected chi connectivity index (χ4v) is 1.63. The molecule has 0 aliphatic rings. The lowest BCUT2D eigenvalue weighted by atomic mass is 10.2. The highest BCUT2D eigenvalue weighted by Crippen LogP contribution is 2.13. The number of halogens is 2. The van der Waals surface area contributed by atoms with Crippen molar-refractivity contribution < 1.29 is 5.11 Å². The van der Waals surface area contributed by atoms with Crippen molar-refractivity contribution in [2.75, 3.05) is 6.61 Å². The van der Waals surface area contributed by atoms with E-state index >= 15 is 0 Å². The van der Waals surface area contributed by atoms with Crippen LogP contribution >= 0.6 is 27.5 Å². The zero-order chi connectivity index (χ0) is 11.3. The summed E-state index contributed by atoms with van der Waals surface area (Å²) in [5.74, 6) is 0. The predicted molar refractivity (Wildman–Crippen MR) is 62.1 cm³/mol. The zero-order valence-corrected chi connectivity index (χ0v) is 10.5. The third kappa shape index (κ3) is 3.59. The van der Waals surface area contributed by atoms with Crippen molar-refractivity contribution in [1.29, 1.82) is 0 Å². The second kappa shape index (κ2) is 6.25. The summed E-state index contributed by atoms with van der Waals surface area (Å²) in [4.78, 5) is 15.5. The van der Waals surface area contributed by atoms with Gasteiger partial charge in [0, 0.05) is 13.2 Å². The fourth-order valence-electron chi connectivity index (χ4n) is 1.17. The van der Waals surface area contributed by atoms with Gasteiger partial charge in [-0.25, -0.2) is 4.98 Å². The van der Waals surface area contributed by atoms with E-state index in [9.17, 15) is 4.79 Å². The molecule has 15 heavy (non-hydrogen) atoms. The fraction of sp³-hybridized carbons (Fsp3) is 0.556. The molecule has 1 aromatic rings. The number of rotatable bonds is 5. The Bertz CT molecular complexity index is 381. The van der Waals surface area contributed by atoms with Crippen LogP contribution in [0.3, 0.4) is 0 Å². The van der Waals surface area contributed by atoms with Crippen molar-refractivity contribution in [3.8, 4) is 0 Å². The molecule has 1 heterocycles. The van der Waals surface area contributed by atoms with Crippen molar-refractivity contribution in [2.45, 2.75) is 25.8 Å². The highest BCUT2D eigenvalue weighted by atomic mass is 79.9. The Kier molecular flexibility index (Phi) is 5.28. The molecule has 1 rings (SSSR count). The second-order valence-electron chi connectivity index (χ2n) is 3.13. The summed E-state index contributed by atoms with van der Waals surface area (Å²) in [5, 5.41) is 8.78. The molecule has 0 radical (unpaired) electrons. The Morgan fingerprint density at radius 3 is 2.87 bits per heavy atom. The summed E-state index contributed by atoms with van der Waals surface area (Å²) < 4.78 is 1.81. The molecule has 0 spiro atoms. The van der Waals surface area contributed by atoms with E-state index in [0.717, 1.165) is 19.3 Å². The molecule has 84 valence electrons. The van der Waals surface area contributed by atoms with Crippen molar-refractivity contribution in [3.05, 3.63) is 26.3 Å². The average Bonchev–Trinajstić information content (AvgIpc) is 2.24. The molecule has 0 atom stereocenters. The summed E-state index contributed by atoms with van der Waals surface area (Å²) in [7, 11) is 0. The molecule has 0 saturated carbocycles. The largest absolute Gasteiger partial charge is 0.396 e. The van der Waals surface area contributed by atoms with Crippen LogP contribution in [0, 0.1) is 0 Å². The number of hydrogen-bond acceptors (Lipinski definition) is 3. The van der Waals surface area contributed by atoms with E-state index in [1.54, 1.807) is 0 Å². The lowest BCUT2D eigenvalue weighted by molar-refractivity contribution is 0.281. The predicted octanol–water partition coefficient (Wildman–Crippen LogP) is 1.82. The van der Waals surface area contributed by atoms with Gasteiger partial charge in [0.1, 0.15) is 4.47 Å². The van der Waals surface area contributed by atoms with Crippen LogP contribution < -0.4 is 5.56 Å². The van der Waals surface area contributed by atoms with Gasteiger partial charge in [-0.3, -0.25) is 9.36 Å². The van der Waals surface area contributed by atoms with Gasteiger partial charge >= 0.3 is 0 Å². The Hall–Kier alpha value is -0.390. The monoisotopic (exact) mass is 294 g/mol. The number of unbranched alkanes of at least 4 members (excludes halogenated alkanes) is 2. The van der Waals surface area contributed by atoms with Gasteiger partial charge in [-0.1, -0.05) is 11.6 Å². The first-order valence-electron chi connectivity index (χ1n) is 4.68. The highest BCUT2D eigenvalue weighted by molar-refractivity contribution is 9.10. The molecular weight excluding hydrogens is 283 g/mol. The third-order valence-electron chi connectivity index (χ3n) is 2.00. The summed E-state index contributed by atoms with van der Waals surface area (Å²) >= 11 is 8.75. The van der Waals surface area contributed by atoms with Crippen LogP contribution in [0.2, 0.25) is 5.15 Å². The normalized spacial score (nSPS) is 10.6. The van der Waals surface area contributed by atoms with E-state index < -0.39 is 0 Å². The Balaban J connectivity index is 2.63. The summed E-state index contributed by atoms with van der Waals surface area (Å²) in [5.41, 5.74) is -0.168. The first kappa shape index (κ1) is 12.7. The molecule has 0 fully saturated rings. The van der Waals surface area contributed by atoms with Gasteiger partial charge in [-0.15, -0.1) is 0 Å². The Morgan fingerprint density at radius 2 is 2.20 bits per heavy atom. The third-order valence-corrected chi connectivity index (χ3v) is 3.23. The number of nitrogens with zero attached hydrogens (tertiary/aromatic N) is 2. The van der Waals surface area contributed by atoms with Crippen LogP contribution in [0.25, 0.3) is 0 Å². The molecule has 1 aromatic heterocycles. The van der Waals surface area contributed by atoms with Crippen LogP contribution in [0.4, 0.5) is 0 Å². The molecule has 0 unspecified atom stereocenters. The maximum atomic E-state index is 11.6. The quantitative estimate of drug-likeness (QED) is 0.666. The van der Waals surface area contributed by atoms with E-state index in [0.29, 0.717) is 11.0 Å². The van der Waals surface area contributed by atoms with Gasteiger partial charge in [0.05, 0.1) is 6.33 Å². The minimum Gasteiger partial charge on any atom is -0.396 e. The van der Waals surface area contributed by atoms with E-state index in [-0.39, 0.29) is 17.3 Å². The molecular formula is C9H12BrClN2O2. The van der Waals surface area contributed by atoms with E-state index in [1.165, 1.54) is 10.9 Å². The van der Waals surface area contributed by atoms with Crippen LogP contribution in [0.5, 0.6) is 0 Å². The SMILES string of the molecule is O=c1c(Br)c(Cl)ncn1CCCCCO. The van der Waals surface area contributed by atoms with Crippen molar-refractivity contribution in [2.24, 2.45) is 0 Å². The number of aliphatic hydroxyl groups is 1. The summed E-state index contributed by atoms with van der Waals surface area (Å²) in [6.45, 7) is 0.791. The smallest absolute Gasteiger partial charge is 0.269 e. The molecule has 0 aliphatic carbocycles. The maximum absolute atomic E-state index is 11.6. The molecule has 0 saturated heterocycles. The van der Waals surface area contributed by atoms with Crippen LogP contribution in [0.15, 0.2) is 15.6 Å². The van der Waals surface area contributed by atoms with Gasteiger partial charge in [0.25, 0.3) is 5.56 Å². The Labute approximate surface area is 101 Å².